The molecule has 0 aliphatic rings. The number of benzene rings is 2. The lowest BCUT2D eigenvalue weighted by Gasteiger charge is -2.17. The van der Waals surface area contributed by atoms with Gasteiger partial charge in [-0.2, -0.15) is 0 Å². The Bertz CT molecular complexity index is 569. The van der Waals surface area contributed by atoms with Crippen LogP contribution in [0.3, 0.4) is 0 Å². The highest BCUT2D eigenvalue weighted by atomic mass is 35.5. The van der Waals surface area contributed by atoms with E-state index < -0.39 is 0 Å². The molecule has 2 rings (SSSR count). The third-order valence-electron chi connectivity index (χ3n) is 3.63. The number of rotatable bonds is 5. The van der Waals surface area contributed by atoms with Crippen molar-refractivity contribution in [3.63, 3.8) is 0 Å². The number of halogens is 1. The molecule has 104 valence electrons. The molecule has 0 aromatic heterocycles. The van der Waals surface area contributed by atoms with E-state index in [1.54, 1.807) is 0 Å². The van der Waals surface area contributed by atoms with Crippen molar-refractivity contribution in [3.05, 3.63) is 70.8 Å². The second kappa shape index (κ2) is 6.71. The summed E-state index contributed by atoms with van der Waals surface area (Å²) in [5, 5.41) is -0.296. The molecule has 0 amide bonds. The fourth-order valence-corrected chi connectivity index (χ4v) is 2.53. The van der Waals surface area contributed by atoms with Crippen LogP contribution in [0.25, 0.3) is 0 Å². The zero-order valence-corrected chi connectivity index (χ0v) is 12.7. The number of carbonyl (C=O) groups is 1. The van der Waals surface area contributed by atoms with Gasteiger partial charge in [-0.1, -0.05) is 61.0 Å². The SMILES string of the molecule is CCc1ccc(C(CC(=O)Cl)c2ccc(C)cc2)cc1. The molecule has 0 heterocycles. The molecule has 0 spiro atoms. The summed E-state index contributed by atoms with van der Waals surface area (Å²) < 4.78 is 0. The van der Waals surface area contributed by atoms with Gasteiger partial charge in [0.05, 0.1) is 0 Å². The summed E-state index contributed by atoms with van der Waals surface area (Å²) in [6, 6.07) is 16.7. The molecular formula is C18H19ClO. The molecule has 0 bridgehead atoms. The highest BCUT2D eigenvalue weighted by Gasteiger charge is 2.17. The van der Waals surface area contributed by atoms with Gasteiger partial charge in [0.15, 0.2) is 0 Å². The molecule has 1 nitrogen and oxygen atoms in total. The molecule has 2 aromatic rings. The van der Waals surface area contributed by atoms with Gasteiger partial charge in [0.25, 0.3) is 0 Å². The van der Waals surface area contributed by atoms with Crippen molar-refractivity contribution in [1.82, 2.24) is 0 Å². The van der Waals surface area contributed by atoms with Crippen LogP contribution in [-0.4, -0.2) is 5.24 Å². The molecule has 0 saturated carbocycles. The van der Waals surface area contributed by atoms with E-state index in [0.29, 0.717) is 6.42 Å². The maximum atomic E-state index is 11.4. The summed E-state index contributed by atoms with van der Waals surface area (Å²) in [4.78, 5) is 11.4. The van der Waals surface area contributed by atoms with E-state index in [9.17, 15) is 4.79 Å². The lowest BCUT2D eigenvalue weighted by Crippen LogP contribution is -2.05. The van der Waals surface area contributed by atoms with E-state index in [2.05, 4.69) is 62.4 Å². The van der Waals surface area contributed by atoms with Crippen LogP contribution < -0.4 is 0 Å². The average molecular weight is 287 g/mol. The maximum Gasteiger partial charge on any atom is 0.222 e. The second-order valence-electron chi connectivity index (χ2n) is 5.12. The summed E-state index contributed by atoms with van der Waals surface area (Å²) in [6.45, 7) is 4.19. The number of hydrogen-bond acceptors (Lipinski definition) is 1. The standard InChI is InChI=1S/C18H19ClO/c1-3-14-6-10-16(11-7-14)17(12-18(19)20)15-8-4-13(2)5-9-15/h4-11,17H,3,12H2,1-2H3. The smallest absolute Gasteiger partial charge is 0.222 e. The summed E-state index contributed by atoms with van der Waals surface area (Å²) in [7, 11) is 0. The first-order valence-corrected chi connectivity index (χ1v) is 7.31. The van der Waals surface area contributed by atoms with E-state index in [1.807, 2.05) is 0 Å². The van der Waals surface area contributed by atoms with Crippen LogP contribution >= 0.6 is 11.6 Å². The summed E-state index contributed by atoms with van der Waals surface area (Å²) in [6.07, 6.45) is 1.35. The summed E-state index contributed by atoms with van der Waals surface area (Å²) >= 11 is 5.62. The summed E-state index contributed by atoms with van der Waals surface area (Å²) in [5.41, 5.74) is 4.79. The van der Waals surface area contributed by atoms with Crippen LogP contribution in [0.5, 0.6) is 0 Å². The lowest BCUT2D eigenvalue weighted by molar-refractivity contribution is -0.111. The minimum Gasteiger partial charge on any atom is -0.281 e. The zero-order valence-electron chi connectivity index (χ0n) is 11.9. The monoisotopic (exact) mass is 286 g/mol. The molecule has 0 aliphatic heterocycles. The number of hydrogen-bond donors (Lipinski definition) is 0. The fourth-order valence-electron chi connectivity index (χ4n) is 2.37. The van der Waals surface area contributed by atoms with Crippen LogP contribution in [0.2, 0.25) is 0 Å². The van der Waals surface area contributed by atoms with Crippen molar-refractivity contribution in [3.8, 4) is 0 Å². The molecule has 2 aromatic carbocycles. The predicted molar refractivity (Wildman–Crippen MR) is 84.3 cm³/mol. The zero-order chi connectivity index (χ0) is 14.5. The number of aryl methyl sites for hydroxylation is 2. The average Bonchev–Trinajstić information content (AvgIpc) is 2.46. The van der Waals surface area contributed by atoms with Crippen molar-refractivity contribution in [2.75, 3.05) is 0 Å². The van der Waals surface area contributed by atoms with Crippen molar-refractivity contribution in [2.45, 2.75) is 32.6 Å². The molecular weight excluding hydrogens is 268 g/mol. The Morgan fingerprint density at radius 3 is 1.95 bits per heavy atom. The van der Waals surface area contributed by atoms with E-state index in [4.69, 9.17) is 11.6 Å². The van der Waals surface area contributed by atoms with E-state index in [1.165, 1.54) is 11.1 Å². The topological polar surface area (TPSA) is 17.1 Å². The minimum atomic E-state index is -0.296. The molecule has 0 radical (unpaired) electrons. The van der Waals surface area contributed by atoms with Crippen molar-refractivity contribution in [2.24, 2.45) is 0 Å². The first kappa shape index (κ1) is 14.8. The Morgan fingerprint density at radius 2 is 1.50 bits per heavy atom. The third-order valence-corrected chi connectivity index (χ3v) is 3.79. The van der Waals surface area contributed by atoms with E-state index in [0.717, 1.165) is 17.5 Å². The molecule has 0 fully saturated rings. The van der Waals surface area contributed by atoms with E-state index in [-0.39, 0.29) is 11.2 Å². The largest absolute Gasteiger partial charge is 0.281 e. The van der Waals surface area contributed by atoms with Gasteiger partial charge in [-0.05, 0) is 41.6 Å². The first-order chi connectivity index (χ1) is 9.60. The van der Waals surface area contributed by atoms with Crippen LogP contribution in [0.4, 0.5) is 0 Å². The first-order valence-electron chi connectivity index (χ1n) is 6.94. The molecule has 0 N–H and O–H groups in total. The molecule has 1 unspecified atom stereocenters. The van der Waals surface area contributed by atoms with Gasteiger partial charge in [-0.3, -0.25) is 4.79 Å². The molecule has 2 heteroatoms. The highest BCUT2D eigenvalue weighted by Crippen LogP contribution is 2.29. The molecule has 1 atom stereocenters. The third kappa shape index (κ3) is 3.71. The Hall–Kier alpha value is -1.60. The maximum absolute atomic E-state index is 11.4. The summed E-state index contributed by atoms with van der Waals surface area (Å²) in [5.74, 6) is 0.0338. The number of carbonyl (C=O) groups excluding carboxylic acids is 1. The van der Waals surface area contributed by atoms with Gasteiger partial charge in [0.2, 0.25) is 5.24 Å². The van der Waals surface area contributed by atoms with Crippen LogP contribution in [0.1, 0.15) is 41.5 Å². The van der Waals surface area contributed by atoms with E-state index >= 15 is 0 Å². The highest BCUT2D eigenvalue weighted by molar-refractivity contribution is 6.63. The van der Waals surface area contributed by atoms with Crippen molar-refractivity contribution < 1.29 is 4.79 Å². The van der Waals surface area contributed by atoms with Gasteiger partial charge in [0, 0.05) is 12.3 Å². The Morgan fingerprint density at radius 1 is 1.00 bits per heavy atom. The Labute approximate surface area is 125 Å². The van der Waals surface area contributed by atoms with Gasteiger partial charge < -0.3 is 0 Å². The minimum absolute atomic E-state index is 0.0338. The van der Waals surface area contributed by atoms with Crippen molar-refractivity contribution in [1.29, 1.82) is 0 Å². The fraction of sp³-hybridized carbons (Fsp3) is 0.278. The lowest BCUT2D eigenvalue weighted by atomic mass is 9.88. The molecule has 0 aliphatic carbocycles. The second-order valence-corrected chi connectivity index (χ2v) is 5.54. The molecule has 0 saturated heterocycles. The van der Waals surface area contributed by atoms with Gasteiger partial charge >= 0.3 is 0 Å². The van der Waals surface area contributed by atoms with Crippen LogP contribution in [0, 0.1) is 6.92 Å². The Kier molecular flexibility index (Phi) is 4.97. The van der Waals surface area contributed by atoms with Crippen LogP contribution in [-0.2, 0) is 11.2 Å². The van der Waals surface area contributed by atoms with Crippen molar-refractivity contribution >= 4 is 16.8 Å². The van der Waals surface area contributed by atoms with Gasteiger partial charge in [-0.25, -0.2) is 0 Å². The quantitative estimate of drug-likeness (QED) is 0.719. The predicted octanol–water partition coefficient (Wildman–Crippen LogP) is 4.84. The Balaban J connectivity index is 2.35. The van der Waals surface area contributed by atoms with Crippen LogP contribution in [0.15, 0.2) is 48.5 Å². The normalized spacial score (nSPS) is 12.2. The van der Waals surface area contributed by atoms with Gasteiger partial charge in [-0.15, -0.1) is 0 Å². The molecule has 20 heavy (non-hydrogen) atoms. The van der Waals surface area contributed by atoms with Gasteiger partial charge in [0.1, 0.15) is 0 Å².